The van der Waals surface area contributed by atoms with E-state index < -0.39 is 0 Å². The maximum absolute atomic E-state index is 4.48. The number of anilines is 1. The number of rotatable bonds is 3. The summed E-state index contributed by atoms with van der Waals surface area (Å²) < 4.78 is 2.13. The predicted molar refractivity (Wildman–Crippen MR) is 69.4 cm³/mol. The molecule has 3 heterocycles. The molecular formula is C13H17N5. The van der Waals surface area contributed by atoms with E-state index in [0.29, 0.717) is 5.92 Å². The third kappa shape index (κ3) is 2.20. The lowest BCUT2D eigenvalue weighted by molar-refractivity contribution is 0.352. The van der Waals surface area contributed by atoms with Gasteiger partial charge in [0.1, 0.15) is 0 Å². The van der Waals surface area contributed by atoms with Crippen molar-refractivity contribution in [3.05, 3.63) is 36.2 Å². The highest BCUT2D eigenvalue weighted by atomic mass is 15.3. The summed E-state index contributed by atoms with van der Waals surface area (Å²) in [6, 6.07) is 2.01. The Bertz CT molecular complexity index is 508. The first-order chi connectivity index (χ1) is 8.70. The highest BCUT2D eigenvalue weighted by molar-refractivity contribution is 5.35. The van der Waals surface area contributed by atoms with E-state index in [1.807, 2.05) is 38.6 Å². The molecule has 0 unspecified atom stereocenters. The fourth-order valence-corrected chi connectivity index (χ4v) is 2.39. The molecule has 3 rings (SSSR count). The van der Waals surface area contributed by atoms with E-state index >= 15 is 0 Å². The number of nitrogens with zero attached hydrogens (tertiary/aromatic N) is 5. The second-order valence-electron chi connectivity index (χ2n) is 4.98. The largest absolute Gasteiger partial charge is 0.340 e. The molecular weight excluding hydrogens is 226 g/mol. The zero-order valence-corrected chi connectivity index (χ0v) is 10.7. The number of aryl methyl sites for hydroxylation is 2. The van der Waals surface area contributed by atoms with Crippen molar-refractivity contribution < 1.29 is 0 Å². The Kier molecular flexibility index (Phi) is 2.74. The minimum Gasteiger partial charge on any atom is -0.340 e. The molecule has 2 aromatic rings. The third-order valence-electron chi connectivity index (χ3n) is 3.24. The quantitative estimate of drug-likeness (QED) is 0.818. The van der Waals surface area contributed by atoms with Gasteiger partial charge >= 0.3 is 0 Å². The first kappa shape index (κ1) is 11.2. The van der Waals surface area contributed by atoms with Crippen LogP contribution in [0.1, 0.15) is 11.4 Å². The SMILES string of the molecule is Cc1cc(C)nc(N2CC(Cn3ccnc3)C2)n1. The standard InChI is InChI=1S/C13H17N5/c1-10-5-11(2)16-13(15-10)18-7-12(8-18)6-17-4-3-14-9-17/h3-5,9,12H,6-8H2,1-2H3. The lowest BCUT2D eigenvalue weighted by Crippen LogP contribution is -2.49. The van der Waals surface area contributed by atoms with Crippen LogP contribution in [-0.2, 0) is 6.54 Å². The van der Waals surface area contributed by atoms with E-state index in [9.17, 15) is 0 Å². The van der Waals surface area contributed by atoms with E-state index in [0.717, 1.165) is 37.0 Å². The Labute approximate surface area is 107 Å². The fourth-order valence-electron chi connectivity index (χ4n) is 2.39. The average Bonchev–Trinajstić information content (AvgIpc) is 2.73. The van der Waals surface area contributed by atoms with Gasteiger partial charge in [-0.15, -0.1) is 0 Å². The normalized spacial score (nSPS) is 15.8. The van der Waals surface area contributed by atoms with Crippen LogP contribution in [-0.4, -0.2) is 32.6 Å². The minimum atomic E-state index is 0.670. The maximum atomic E-state index is 4.48. The molecule has 0 spiro atoms. The van der Waals surface area contributed by atoms with Crippen molar-refractivity contribution in [2.75, 3.05) is 18.0 Å². The molecule has 1 aliphatic rings. The van der Waals surface area contributed by atoms with Crippen LogP contribution in [0.3, 0.4) is 0 Å². The van der Waals surface area contributed by atoms with E-state index in [1.54, 1.807) is 0 Å². The molecule has 0 radical (unpaired) electrons. The Hall–Kier alpha value is -1.91. The Morgan fingerprint density at radius 2 is 1.94 bits per heavy atom. The molecule has 2 aromatic heterocycles. The van der Waals surface area contributed by atoms with Crippen molar-refractivity contribution in [3.8, 4) is 0 Å². The summed E-state index contributed by atoms with van der Waals surface area (Å²) in [7, 11) is 0. The molecule has 94 valence electrons. The summed E-state index contributed by atoms with van der Waals surface area (Å²) in [5.74, 6) is 1.54. The summed E-state index contributed by atoms with van der Waals surface area (Å²) in [5.41, 5.74) is 2.08. The van der Waals surface area contributed by atoms with E-state index in [2.05, 4.69) is 24.4 Å². The monoisotopic (exact) mass is 243 g/mol. The Balaban J connectivity index is 1.61. The summed E-state index contributed by atoms with van der Waals surface area (Å²) in [6.07, 6.45) is 5.70. The van der Waals surface area contributed by atoms with Crippen molar-refractivity contribution >= 4 is 5.95 Å². The van der Waals surface area contributed by atoms with E-state index in [4.69, 9.17) is 0 Å². The van der Waals surface area contributed by atoms with Gasteiger partial charge in [0.05, 0.1) is 6.33 Å². The van der Waals surface area contributed by atoms with Gasteiger partial charge in [-0.05, 0) is 19.9 Å². The lowest BCUT2D eigenvalue weighted by Gasteiger charge is -2.39. The molecule has 0 atom stereocenters. The van der Waals surface area contributed by atoms with Gasteiger partial charge in [0.2, 0.25) is 5.95 Å². The van der Waals surface area contributed by atoms with Crippen molar-refractivity contribution in [1.82, 2.24) is 19.5 Å². The van der Waals surface area contributed by atoms with Gasteiger partial charge in [-0.25, -0.2) is 15.0 Å². The number of imidazole rings is 1. The van der Waals surface area contributed by atoms with Crippen molar-refractivity contribution in [3.63, 3.8) is 0 Å². The number of hydrogen-bond donors (Lipinski definition) is 0. The van der Waals surface area contributed by atoms with E-state index in [1.165, 1.54) is 0 Å². The molecule has 0 amide bonds. The highest BCUT2D eigenvalue weighted by Crippen LogP contribution is 2.22. The van der Waals surface area contributed by atoms with Crippen LogP contribution in [0.25, 0.3) is 0 Å². The topological polar surface area (TPSA) is 46.8 Å². The summed E-state index contributed by atoms with van der Waals surface area (Å²) >= 11 is 0. The van der Waals surface area contributed by atoms with Crippen LogP contribution in [0.2, 0.25) is 0 Å². The molecule has 1 fully saturated rings. The zero-order valence-electron chi connectivity index (χ0n) is 10.7. The van der Waals surface area contributed by atoms with Gasteiger partial charge in [-0.2, -0.15) is 0 Å². The van der Waals surface area contributed by atoms with Gasteiger partial charge in [-0.3, -0.25) is 0 Å². The van der Waals surface area contributed by atoms with Gasteiger partial charge in [0.25, 0.3) is 0 Å². The van der Waals surface area contributed by atoms with Gasteiger partial charge in [-0.1, -0.05) is 0 Å². The van der Waals surface area contributed by atoms with Gasteiger partial charge in [0.15, 0.2) is 0 Å². The molecule has 5 nitrogen and oxygen atoms in total. The molecule has 0 bridgehead atoms. The molecule has 1 aliphatic heterocycles. The van der Waals surface area contributed by atoms with Crippen LogP contribution < -0.4 is 4.90 Å². The molecule has 5 heteroatoms. The fraction of sp³-hybridized carbons (Fsp3) is 0.462. The third-order valence-corrected chi connectivity index (χ3v) is 3.24. The molecule has 0 aliphatic carbocycles. The number of hydrogen-bond acceptors (Lipinski definition) is 4. The van der Waals surface area contributed by atoms with Crippen LogP contribution in [0, 0.1) is 19.8 Å². The molecule has 0 saturated carbocycles. The van der Waals surface area contributed by atoms with E-state index in [-0.39, 0.29) is 0 Å². The molecule has 18 heavy (non-hydrogen) atoms. The summed E-state index contributed by atoms with van der Waals surface area (Å²) in [6.45, 7) is 7.12. The maximum Gasteiger partial charge on any atom is 0.225 e. The molecule has 1 saturated heterocycles. The summed E-state index contributed by atoms with van der Waals surface area (Å²) in [5, 5.41) is 0. The highest BCUT2D eigenvalue weighted by Gasteiger charge is 2.28. The zero-order chi connectivity index (χ0) is 12.5. The number of aromatic nitrogens is 4. The van der Waals surface area contributed by atoms with Crippen LogP contribution >= 0.6 is 0 Å². The van der Waals surface area contributed by atoms with Crippen molar-refractivity contribution in [2.24, 2.45) is 5.92 Å². The lowest BCUT2D eigenvalue weighted by atomic mass is 10.0. The van der Waals surface area contributed by atoms with Crippen LogP contribution in [0.4, 0.5) is 5.95 Å². The first-order valence-corrected chi connectivity index (χ1v) is 6.23. The smallest absolute Gasteiger partial charge is 0.225 e. The molecule has 0 aromatic carbocycles. The van der Waals surface area contributed by atoms with Crippen molar-refractivity contribution in [1.29, 1.82) is 0 Å². The first-order valence-electron chi connectivity index (χ1n) is 6.23. The van der Waals surface area contributed by atoms with Crippen LogP contribution in [0.15, 0.2) is 24.8 Å². The minimum absolute atomic E-state index is 0.670. The summed E-state index contributed by atoms with van der Waals surface area (Å²) in [4.78, 5) is 15.3. The Morgan fingerprint density at radius 1 is 1.22 bits per heavy atom. The second-order valence-corrected chi connectivity index (χ2v) is 4.98. The molecule has 0 N–H and O–H groups in total. The Morgan fingerprint density at radius 3 is 2.56 bits per heavy atom. The van der Waals surface area contributed by atoms with Gasteiger partial charge in [0, 0.05) is 49.3 Å². The van der Waals surface area contributed by atoms with Gasteiger partial charge < -0.3 is 9.47 Å². The van der Waals surface area contributed by atoms with Crippen molar-refractivity contribution in [2.45, 2.75) is 20.4 Å². The predicted octanol–water partition coefficient (Wildman–Crippen LogP) is 1.43. The average molecular weight is 243 g/mol. The van der Waals surface area contributed by atoms with Crippen LogP contribution in [0.5, 0.6) is 0 Å². The second kappa shape index (κ2) is 4.40.